The van der Waals surface area contributed by atoms with Gasteiger partial charge in [0, 0.05) is 17.0 Å². The summed E-state index contributed by atoms with van der Waals surface area (Å²) in [5, 5.41) is 9.40. The van der Waals surface area contributed by atoms with Gasteiger partial charge in [0.2, 0.25) is 0 Å². The molecule has 0 unspecified atom stereocenters. The molecule has 1 aromatic heterocycles. The Labute approximate surface area is 158 Å². The maximum absolute atomic E-state index is 12.0. The minimum Gasteiger partial charge on any atom is -0.478 e. The standard InChI is InChI=1S/C21H21NO4S/c1-4-27(25,26)17-11-9-16(10-12-17)18-7-5-6-8-20(18)22-14(2)13-19(15(22)3)21(23)24/h5-13H,4H2,1-3H3,(H,23,24). The van der Waals surface area contributed by atoms with E-state index in [1.54, 1.807) is 44.2 Å². The first-order valence-electron chi connectivity index (χ1n) is 8.61. The van der Waals surface area contributed by atoms with Crippen LogP contribution in [-0.4, -0.2) is 29.8 Å². The molecule has 0 aliphatic carbocycles. The van der Waals surface area contributed by atoms with Crippen molar-refractivity contribution in [1.29, 1.82) is 0 Å². The highest BCUT2D eigenvalue weighted by atomic mass is 32.2. The van der Waals surface area contributed by atoms with Gasteiger partial charge in [0.1, 0.15) is 0 Å². The predicted molar refractivity (Wildman–Crippen MR) is 105 cm³/mol. The minimum atomic E-state index is -3.25. The van der Waals surface area contributed by atoms with Crippen molar-refractivity contribution >= 4 is 15.8 Å². The maximum atomic E-state index is 12.0. The van der Waals surface area contributed by atoms with Crippen LogP contribution < -0.4 is 0 Å². The molecule has 27 heavy (non-hydrogen) atoms. The number of para-hydroxylation sites is 1. The van der Waals surface area contributed by atoms with Crippen molar-refractivity contribution in [3.63, 3.8) is 0 Å². The number of aromatic carboxylic acids is 1. The van der Waals surface area contributed by atoms with Gasteiger partial charge >= 0.3 is 5.97 Å². The van der Waals surface area contributed by atoms with E-state index in [1.807, 2.05) is 35.8 Å². The van der Waals surface area contributed by atoms with Gasteiger partial charge in [0.05, 0.1) is 21.9 Å². The first-order chi connectivity index (χ1) is 12.8. The van der Waals surface area contributed by atoms with Crippen LogP contribution in [0.4, 0.5) is 0 Å². The fraction of sp³-hybridized carbons (Fsp3) is 0.190. The Kier molecular flexibility index (Phi) is 4.93. The van der Waals surface area contributed by atoms with E-state index in [2.05, 4.69) is 0 Å². The zero-order valence-electron chi connectivity index (χ0n) is 15.4. The summed E-state index contributed by atoms with van der Waals surface area (Å²) in [6.45, 7) is 5.27. The third-order valence-electron chi connectivity index (χ3n) is 4.71. The Bertz CT molecular complexity index is 1110. The predicted octanol–water partition coefficient (Wildman–Crippen LogP) is 4.25. The molecule has 0 spiro atoms. The molecule has 3 aromatic rings. The zero-order chi connectivity index (χ0) is 19.8. The number of rotatable bonds is 5. The minimum absolute atomic E-state index is 0.0582. The molecule has 1 heterocycles. The number of aromatic nitrogens is 1. The summed E-state index contributed by atoms with van der Waals surface area (Å²) in [4.78, 5) is 11.8. The van der Waals surface area contributed by atoms with Crippen LogP contribution in [0.25, 0.3) is 16.8 Å². The van der Waals surface area contributed by atoms with Crippen molar-refractivity contribution in [2.24, 2.45) is 0 Å². The van der Waals surface area contributed by atoms with Gasteiger partial charge in [-0.1, -0.05) is 37.3 Å². The molecule has 2 aromatic carbocycles. The van der Waals surface area contributed by atoms with Gasteiger partial charge in [0.25, 0.3) is 0 Å². The summed E-state index contributed by atoms with van der Waals surface area (Å²) in [6.07, 6.45) is 0. The third-order valence-corrected chi connectivity index (χ3v) is 6.46. The van der Waals surface area contributed by atoms with Crippen molar-refractivity contribution in [2.45, 2.75) is 25.7 Å². The van der Waals surface area contributed by atoms with E-state index >= 15 is 0 Å². The Morgan fingerprint density at radius 3 is 2.22 bits per heavy atom. The van der Waals surface area contributed by atoms with Gasteiger partial charge < -0.3 is 9.67 Å². The summed E-state index contributed by atoms with van der Waals surface area (Å²) in [5.74, 6) is -0.899. The number of hydrogen-bond acceptors (Lipinski definition) is 3. The average molecular weight is 383 g/mol. The number of carboxylic acid groups (broad SMARTS) is 1. The first kappa shape index (κ1) is 18.9. The molecule has 0 atom stereocenters. The van der Waals surface area contributed by atoms with E-state index in [4.69, 9.17) is 0 Å². The van der Waals surface area contributed by atoms with Gasteiger partial charge in [-0.05, 0) is 43.7 Å². The van der Waals surface area contributed by atoms with Crippen LogP contribution >= 0.6 is 0 Å². The van der Waals surface area contributed by atoms with Crippen LogP contribution in [0.5, 0.6) is 0 Å². The molecule has 140 valence electrons. The second kappa shape index (κ2) is 7.04. The molecule has 3 rings (SSSR count). The molecule has 0 bridgehead atoms. The van der Waals surface area contributed by atoms with E-state index in [-0.39, 0.29) is 11.3 Å². The molecule has 0 saturated carbocycles. The van der Waals surface area contributed by atoms with Crippen LogP contribution in [0, 0.1) is 13.8 Å². The van der Waals surface area contributed by atoms with E-state index in [0.717, 1.165) is 22.5 Å². The lowest BCUT2D eigenvalue weighted by Crippen LogP contribution is -2.05. The number of hydrogen-bond donors (Lipinski definition) is 1. The molecular weight excluding hydrogens is 362 g/mol. The highest BCUT2D eigenvalue weighted by Crippen LogP contribution is 2.31. The Morgan fingerprint density at radius 1 is 1.04 bits per heavy atom. The van der Waals surface area contributed by atoms with Crippen molar-refractivity contribution in [3.05, 3.63) is 71.5 Å². The van der Waals surface area contributed by atoms with Gasteiger partial charge in [-0.15, -0.1) is 0 Å². The quantitative estimate of drug-likeness (QED) is 0.714. The summed E-state index contributed by atoms with van der Waals surface area (Å²) < 4.78 is 26.0. The highest BCUT2D eigenvalue weighted by molar-refractivity contribution is 7.91. The lowest BCUT2D eigenvalue weighted by Gasteiger charge is -2.15. The zero-order valence-corrected chi connectivity index (χ0v) is 16.2. The fourth-order valence-corrected chi connectivity index (χ4v) is 4.16. The molecule has 0 saturated heterocycles. The Morgan fingerprint density at radius 2 is 1.67 bits per heavy atom. The molecule has 0 fully saturated rings. The van der Waals surface area contributed by atoms with Crippen molar-refractivity contribution in [3.8, 4) is 16.8 Å². The van der Waals surface area contributed by atoms with E-state index < -0.39 is 15.8 Å². The molecule has 0 aliphatic rings. The Balaban J connectivity index is 2.15. The normalized spacial score (nSPS) is 11.5. The smallest absolute Gasteiger partial charge is 0.337 e. The van der Waals surface area contributed by atoms with Crippen LogP contribution in [0.15, 0.2) is 59.5 Å². The molecule has 6 heteroatoms. The van der Waals surface area contributed by atoms with E-state index in [1.165, 1.54) is 0 Å². The fourth-order valence-electron chi connectivity index (χ4n) is 3.27. The van der Waals surface area contributed by atoms with Crippen LogP contribution in [0.2, 0.25) is 0 Å². The first-order valence-corrected chi connectivity index (χ1v) is 10.3. The van der Waals surface area contributed by atoms with Crippen molar-refractivity contribution < 1.29 is 18.3 Å². The lowest BCUT2D eigenvalue weighted by atomic mass is 10.0. The number of nitrogens with zero attached hydrogens (tertiary/aromatic N) is 1. The number of sulfone groups is 1. The monoisotopic (exact) mass is 383 g/mol. The number of carbonyl (C=O) groups is 1. The van der Waals surface area contributed by atoms with Gasteiger partial charge in [0.15, 0.2) is 9.84 Å². The summed E-state index contributed by atoms with van der Waals surface area (Å²) in [6, 6.07) is 16.1. The average Bonchev–Trinajstić information content (AvgIpc) is 2.96. The topological polar surface area (TPSA) is 76.4 Å². The maximum Gasteiger partial charge on any atom is 0.337 e. The molecule has 5 nitrogen and oxygen atoms in total. The second-order valence-corrected chi connectivity index (χ2v) is 8.65. The number of aryl methyl sites for hydroxylation is 1. The summed E-state index contributed by atoms with van der Waals surface area (Å²) in [7, 11) is -3.25. The van der Waals surface area contributed by atoms with Gasteiger partial charge in [-0.25, -0.2) is 13.2 Å². The third kappa shape index (κ3) is 3.40. The van der Waals surface area contributed by atoms with Crippen LogP contribution in [0.1, 0.15) is 28.7 Å². The largest absolute Gasteiger partial charge is 0.478 e. The Hall–Kier alpha value is -2.86. The summed E-state index contributed by atoms with van der Waals surface area (Å²) >= 11 is 0. The number of carboxylic acids is 1. The van der Waals surface area contributed by atoms with E-state index in [9.17, 15) is 18.3 Å². The lowest BCUT2D eigenvalue weighted by molar-refractivity contribution is 0.0696. The van der Waals surface area contributed by atoms with Crippen LogP contribution in [0.3, 0.4) is 0 Å². The highest BCUT2D eigenvalue weighted by Gasteiger charge is 2.18. The molecule has 0 amide bonds. The molecular formula is C21H21NO4S. The van der Waals surface area contributed by atoms with Crippen LogP contribution in [-0.2, 0) is 9.84 Å². The SMILES string of the molecule is CCS(=O)(=O)c1ccc(-c2ccccc2-n2c(C)cc(C(=O)O)c2C)cc1. The van der Waals surface area contributed by atoms with Crippen molar-refractivity contribution in [2.75, 3.05) is 5.75 Å². The summed E-state index contributed by atoms with van der Waals surface area (Å²) in [5.41, 5.74) is 4.36. The van der Waals surface area contributed by atoms with Crippen molar-refractivity contribution in [1.82, 2.24) is 4.57 Å². The second-order valence-electron chi connectivity index (χ2n) is 6.37. The van der Waals surface area contributed by atoms with Gasteiger partial charge in [-0.2, -0.15) is 0 Å². The molecule has 0 aliphatic heterocycles. The van der Waals surface area contributed by atoms with E-state index in [0.29, 0.717) is 10.6 Å². The number of benzene rings is 2. The molecule has 1 N–H and O–H groups in total. The molecule has 0 radical (unpaired) electrons. The van der Waals surface area contributed by atoms with Gasteiger partial charge in [-0.3, -0.25) is 0 Å².